The zero-order valence-corrected chi connectivity index (χ0v) is 12.0. The van der Waals surface area contributed by atoms with Gasteiger partial charge in [0.15, 0.2) is 11.6 Å². The quantitative estimate of drug-likeness (QED) is 0.687. The second-order valence-electron chi connectivity index (χ2n) is 4.92. The molecule has 3 aromatic rings. The Morgan fingerprint density at radius 2 is 1.32 bits per heavy atom. The maximum atomic E-state index is 5.97. The predicted molar refractivity (Wildman–Crippen MR) is 89.2 cm³/mol. The molecular weight excluding hydrogens is 274 g/mol. The van der Waals surface area contributed by atoms with Gasteiger partial charge < -0.3 is 16.8 Å². The molecule has 5 N–H and O–H groups in total. The van der Waals surface area contributed by atoms with Crippen LogP contribution in [0.1, 0.15) is 17.2 Å². The molecule has 110 valence electrons. The van der Waals surface area contributed by atoms with Gasteiger partial charge in [0.2, 0.25) is 0 Å². The molecule has 0 radical (unpaired) electrons. The highest BCUT2D eigenvalue weighted by molar-refractivity contribution is 5.73. The van der Waals surface area contributed by atoms with Crippen LogP contribution in [-0.4, -0.2) is 9.97 Å². The number of aromatic nitrogens is 2. The van der Waals surface area contributed by atoms with E-state index in [9.17, 15) is 0 Å². The molecule has 1 heterocycles. The molecule has 0 spiro atoms. The topological polar surface area (TPSA) is 89.8 Å². The lowest BCUT2D eigenvalue weighted by Crippen LogP contribution is -2.15. The average Bonchev–Trinajstić information content (AvgIpc) is 2.58. The number of rotatable bonds is 4. The van der Waals surface area contributed by atoms with Gasteiger partial charge in [0.05, 0.1) is 6.04 Å². The molecule has 0 fully saturated rings. The number of nitrogens with zero attached hydrogens (tertiary/aromatic N) is 2. The van der Waals surface area contributed by atoms with E-state index >= 15 is 0 Å². The lowest BCUT2D eigenvalue weighted by Gasteiger charge is -2.21. The van der Waals surface area contributed by atoms with Crippen molar-refractivity contribution in [2.24, 2.45) is 0 Å². The Bertz CT molecular complexity index is 704. The van der Waals surface area contributed by atoms with E-state index < -0.39 is 0 Å². The third-order valence-corrected chi connectivity index (χ3v) is 3.46. The Hall–Kier alpha value is -3.08. The molecule has 5 heteroatoms. The van der Waals surface area contributed by atoms with Crippen molar-refractivity contribution < 1.29 is 0 Å². The van der Waals surface area contributed by atoms with Gasteiger partial charge in [-0.3, -0.25) is 0 Å². The fourth-order valence-corrected chi connectivity index (χ4v) is 2.31. The van der Waals surface area contributed by atoms with Crippen molar-refractivity contribution in [2.75, 3.05) is 16.8 Å². The largest absolute Gasteiger partial charge is 0.393 e. The second-order valence-corrected chi connectivity index (χ2v) is 4.92. The number of nitrogens with one attached hydrogen (secondary N) is 1. The highest BCUT2D eigenvalue weighted by Crippen LogP contribution is 2.29. The van der Waals surface area contributed by atoms with Crippen molar-refractivity contribution in [3.63, 3.8) is 0 Å². The van der Waals surface area contributed by atoms with Crippen molar-refractivity contribution in [3.8, 4) is 0 Å². The Morgan fingerprint density at radius 3 is 1.86 bits per heavy atom. The van der Waals surface area contributed by atoms with Gasteiger partial charge in [-0.05, 0) is 11.1 Å². The zero-order valence-electron chi connectivity index (χ0n) is 12.0. The molecule has 0 aliphatic heterocycles. The molecule has 0 amide bonds. The van der Waals surface area contributed by atoms with Crippen LogP contribution in [-0.2, 0) is 0 Å². The molecular formula is C17H17N5. The fourth-order valence-electron chi connectivity index (χ4n) is 2.31. The molecule has 0 aliphatic rings. The molecule has 0 bridgehead atoms. The van der Waals surface area contributed by atoms with Crippen molar-refractivity contribution in [3.05, 3.63) is 78.1 Å². The predicted octanol–water partition coefficient (Wildman–Crippen LogP) is 2.84. The lowest BCUT2D eigenvalue weighted by molar-refractivity contribution is 0.924. The van der Waals surface area contributed by atoms with Crippen LogP contribution in [0.25, 0.3) is 0 Å². The first-order valence-electron chi connectivity index (χ1n) is 6.98. The SMILES string of the molecule is Nc1ncnc(NC(c2ccccc2)c2ccccc2)c1N. The highest BCUT2D eigenvalue weighted by atomic mass is 15.1. The van der Waals surface area contributed by atoms with Gasteiger partial charge in [-0.25, -0.2) is 9.97 Å². The van der Waals surface area contributed by atoms with Gasteiger partial charge in [-0.1, -0.05) is 60.7 Å². The zero-order chi connectivity index (χ0) is 15.4. The molecule has 0 aliphatic carbocycles. The minimum atomic E-state index is -0.0704. The van der Waals surface area contributed by atoms with Gasteiger partial charge in [0.25, 0.3) is 0 Å². The van der Waals surface area contributed by atoms with Gasteiger partial charge >= 0.3 is 0 Å². The summed E-state index contributed by atoms with van der Waals surface area (Å²) in [7, 11) is 0. The van der Waals surface area contributed by atoms with Crippen LogP contribution in [0.4, 0.5) is 17.3 Å². The molecule has 1 aromatic heterocycles. The van der Waals surface area contributed by atoms with Crippen LogP contribution in [0.5, 0.6) is 0 Å². The first kappa shape index (κ1) is 13.9. The van der Waals surface area contributed by atoms with Gasteiger partial charge in [0.1, 0.15) is 12.0 Å². The molecule has 0 saturated heterocycles. The second kappa shape index (κ2) is 6.13. The average molecular weight is 291 g/mol. The highest BCUT2D eigenvalue weighted by Gasteiger charge is 2.16. The van der Waals surface area contributed by atoms with Crippen molar-refractivity contribution >= 4 is 17.3 Å². The van der Waals surface area contributed by atoms with E-state index in [0.29, 0.717) is 11.5 Å². The smallest absolute Gasteiger partial charge is 0.155 e. The number of anilines is 3. The first-order chi connectivity index (χ1) is 10.8. The van der Waals surface area contributed by atoms with Crippen molar-refractivity contribution in [2.45, 2.75) is 6.04 Å². The molecule has 3 rings (SSSR count). The van der Waals surface area contributed by atoms with Crippen LogP contribution >= 0.6 is 0 Å². The Kier molecular flexibility index (Phi) is 3.87. The monoisotopic (exact) mass is 291 g/mol. The van der Waals surface area contributed by atoms with Gasteiger partial charge in [0, 0.05) is 0 Å². The van der Waals surface area contributed by atoms with Crippen LogP contribution in [0.15, 0.2) is 67.0 Å². The van der Waals surface area contributed by atoms with E-state index in [4.69, 9.17) is 11.5 Å². The van der Waals surface area contributed by atoms with Crippen LogP contribution < -0.4 is 16.8 Å². The number of nitrogens with two attached hydrogens (primary N) is 2. The fraction of sp³-hybridized carbons (Fsp3) is 0.0588. The Morgan fingerprint density at radius 1 is 0.773 bits per heavy atom. The van der Waals surface area contributed by atoms with Crippen molar-refractivity contribution in [1.82, 2.24) is 9.97 Å². The number of benzene rings is 2. The van der Waals surface area contributed by atoms with E-state index in [1.807, 2.05) is 36.4 Å². The number of hydrogen-bond acceptors (Lipinski definition) is 5. The number of hydrogen-bond donors (Lipinski definition) is 3. The Balaban J connectivity index is 2.01. The van der Waals surface area contributed by atoms with E-state index in [1.165, 1.54) is 6.33 Å². The summed E-state index contributed by atoms with van der Waals surface area (Å²) in [6.45, 7) is 0. The summed E-state index contributed by atoms with van der Waals surface area (Å²) in [6, 6.07) is 20.2. The lowest BCUT2D eigenvalue weighted by atomic mass is 9.99. The van der Waals surface area contributed by atoms with Crippen molar-refractivity contribution in [1.29, 1.82) is 0 Å². The van der Waals surface area contributed by atoms with Gasteiger partial charge in [-0.2, -0.15) is 0 Å². The van der Waals surface area contributed by atoms with Gasteiger partial charge in [-0.15, -0.1) is 0 Å². The third kappa shape index (κ3) is 2.83. The summed E-state index contributed by atoms with van der Waals surface area (Å²) < 4.78 is 0. The van der Waals surface area contributed by atoms with Crippen LogP contribution in [0.2, 0.25) is 0 Å². The van der Waals surface area contributed by atoms with E-state index in [-0.39, 0.29) is 11.9 Å². The van der Waals surface area contributed by atoms with Crippen LogP contribution in [0, 0.1) is 0 Å². The maximum Gasteiger partial charge on any atom is 0.155 e. The summed E-state index contributed by atoms with van der Waals surface area (Å²) in [5.74, 6) is 0.808. The van der Waals surface area contributed by atoms with Crippen LogP contribution in [0.3, 0.4) is 0 Å². The summed E-state index contributed by atoms with van der Waals surface area (Å²) in [4.78, 5) is 8.10. The minimum Gasteiger partial charge on any atom is -0.393 e. The molecule has 0 atom stereocenters. The first-order valence-corrected chi connectivity index (χ1v) is 6.98. The van der Waals surface area contributed by atoms with E-state index in [2.05, 4.69) is 39.6 Å². The summed E-state index contributed by atoms with van der Waals surface area (Å²) in [5, 5.41) is 3.36. The summed E-state index contributed by atoms with van der Waals surface area (Å²) >= 11 is 0. The maximum absolute atomic E-state index is 5.97. The summed E-state index contributed by atoms with van der Waals surface area (Å²) in [6.07, 6.45) is 1.40. The third-order valence-electron chi connectivity index (χ3n) is 3.46. The molecule has 0 unspecified atom stereocenters. The molecule has 5 nitrogen and oxygen atoms in total. The van der Waals surface area contributed by atoms with E-state index in [0.717, 1.165) is 11.1 Å². The Labute approximate surface area is 129 Å². The minimum absolute atomic E-state index is 0.0704. The standard InChI is InChI=1S/C17H17N5/c18-14-16(19)20-11-21-17(14)22-15(12-7-3-1-4-8-12)13-9-5-2-6-10-13/h1-11,15H,18H2,(H3,19,20,21,22). The number of nitrogen functional groups attached to an aromatic ring is 2. The molecule has 0 saturated carbocycles. The molecule has 22 heavy (non-hydrogen) atoms. The van der Waals surface area contributed by atoms with E-state index in [1.54, 1.807) is 0 Å². The summed E-state index contributed by atoms with van der Waals surface area (Å²) in [5.41, 5.74) is 14.3. The normalized spacial score (nSPS) is 10.6. The molecule has 2 aromatic carbocycles.